The summed E-state index contributed by atoms with van der Waals surface area (Å²) >= 11 is 0. The molecule has 3 nitrogen and oxygen atoms in total. The second-order valence-electron chi connectivity index (χ2n) is 8.22. The first-order chi connectivity index (χ1) is 13.3. The van der Waals surface area contributed by atoms with Crippen molar-refractivity contribution in [3.8, 4) is 5.75 Å². The summed E-state index contributed by atoms with van der Waals surface area (Å²) in [5.74, 6) is -0.0587. The third-order valence-corrected chi connectivity index (χ3v) is 4.73. The van der Waals surface area contributed by atoms with Crippen LogP contribution in [0.25, 0.3) is 11.6 Å². The molecule has 0 bridgehead atoms. The number of hydrogen-bond donors (Lipinski definition) is 1. The number of benzene rings is 2. The zero-order valence-corrected chi connectivity index (χ0v) is 16.9. The average molecular weight is 376 g/mol. The number of ether oxygens (including phenoxy) is 1. The van der Waals surface area contributed by atoms with E-state index in [1.807, 2.05) is 45.0 Å². The molecule has 0 spiro atoms. The molecule has 0 saturated heterocycles. The molecule has 0 atom stereocenters. The largest absolute Gasteiger partial charge is 0.508 e. The highest BCUT2D eigenvalue weighted by Crippen LogP contribution is 2.36. The van der Waals surface area contributed by atoms with Crippen molar-refractivity contribution in [3.63, 3.8) is 0 Å². The van der Waals surface area contributed by atoms with Gasteiger partial charge in [-0.15, -0.1) is 0 Å². The number of esters is 1. The maximum atomic E-state index is 11.9. The second-order valence-corrected chi connectivity index (χ2v) is 8.22. The molecule has 2 aromatic rings. The number of aromatic hydroxyl groups is 1. The van der Waals surface area contributed by atoms with E-state index in [1.165, 1.54) is 30.1 Å². The van der Waals surface area contributed by atoms with Gasteiger partial charge in [0, 0.05) is 6.08 Å². The molecule has 1 fully saturated rings. The van der Waals surface area contributed by atoms with Gasteiger partial charge in [0.1, 0.15) is 11.4 Å². The Morgan fingerprint density at radius 3 is 2.00 bits per heavy atom. The zero-order chi connectivity index (χ0) is 20.1. The summed E-state index contributed by atoms with van der Waals surface area (Å²) in [6.45, 7) is 5.57. The number of carbonyl (C=O) groups is 1. The molecular formula is C25H28O3. The lowest BCUT2D eigenvalue weighted by atomic mass is 9.91. The van der Waals surface area contributed by atoms with Crippen LogP contribution in [0.2, 0.25) is 0 Å². The van der Waals surface area contributed by atoms with Gasteiger partial charge in [0.15, 0.2) is 0 Å². The standard InChI is InChI=1S/C25H28O3/c1-25(2,3)28-23(27)17-10-18-8-11-20(12-9-18)24(19-6-4-5-7-19)21-13-15-22(26)16-14-21/h8-17,26H,4-7H2,1-3H3. The molecule has 3 heteroatoms. The summed E-state index contributed by atoms with van der Waals surface area (Å²) in [5, 5.41) is 9.62. The van der Waals surface area contributed by atoms with Crippen LogP contribution in [-0.2, 0) is 9.53 Å². The van der Waals surface area contributed by atoms with E-state index in [4.69, 9.17) is 4.74 Å². The fourth-order valence-electron chi connectivity index (χ4n) is 3.52. The third-order valence-electron chi connectivity index (χ3n) is 4.73. The van der Waals surface area contributed by atoms with Crippen LogP contribution in [-0.4, -0.2) is 16.7 Å². The van der Waals surface area contributed by atoms with Gasteiger partial charge >= 0.3 is 5.97 Å². The summed E-state index contributed by atoms with van der Waals surface area (Å²) < 4.78 is 5.30. The van der Waals surface area contributed by atoms with Crippen LogP contribution in [0, 0.1) is 0 Å². The molecule has 28 heavy (non-hydrogen) atoms. The molecule has 0 radical (unpaired) electrons. The minimum Gasteiger partial charge on any atom is -0.508 e. The van der Waals surface area contributed by atoms with Gasteiger partial charge in [0.2, 0.25) is 0 Å². The van der Waals surface area contributed by atoms with E-state index < -0.39 is 5.60 Å². The van der Waals surface area contributed by atoms with Gasteiger partial charge < -0.3 is 9.84 Å². The highest BCUT2D eigenvalue weighted by Gasteiger charge is 2.16. The smallest absolute Gasteiger partial charge is 0.331 e. The maximum absolute atomic E-state index is 11.9. The van der Waals surface area contributed by atoms with Crippen molar-refractivity contribution in [1.82, 2.24) is 0 Å². The van der Waals surface area contributed by atoms with Gasteiger partial charge in [-0.3, -0.25) is 0 Å². The molecule has 1 N–H and O–H groups in total. The summed E-state index contributed by atoms with van der Waals surface area (Å²) in [5.41, 5.74) is 5.50. The topological polar surface area (TPSA) is 46.5 Å². The minimum atomic E-state index is -0.488. The normalized spacial score (nSPS) is 14.5. The van der Waals surface area contributed by atoms with Crippen molar-refractivity contribution in [1.29, 1.82) is 0 Å². The molecule has 3 rings (SSSR count). The summed E-state index contributed by atoms with van der Waals surface area (Å²) in [6, 6.07) is 15.7. The van der Waals surface area contributed by atoms with Crippen LogP contribution in [0.4, 0.5) is 0 Å². The van der Waals surface area contributed by atoms with Crippen molar-refractivity contribution in [2.45, 2.75) is 52.1 Å². The molecular weight excluding hydrogens is 348 g/mol. The van der Waals surface area contributed by atoms with E-state index in [0.29, 0.717) is 0 Å². The summed E-state index contributed by atoms with van der Waals surface area (Å²) in [6.07, 6.45) is 7.95. The van der Waals surface area contributed by atoms with Crippen LogP contribution in [0.5, 0.6) is 5.75 Å². The maximum Gasteiger partial charge on any atom is 0.331 e. The van der Waals surface area contributed by atoms with E-state index in [1.54, 1.807) is 18.2 Å². The van der Waals surface area contributed by atoms with Crippen LogP contribution in [0.1, 0.15) is 63.1 Å². The van der Waals surface area contributed by atoms with E-state index in [-0.39, 0.29) is 11.7 Å². The van der Waals surface area contributed by atoms with E-state index in [2.05, 4.69) is 12.1 Å². The Labute approximate surface area is 167 Å². The lowest BCUT2D eigenvalue weighted by Crippen LogP contribution is -2.22. The van der Waals surface area contributed by atoms with E-state index in [0.717, 1.165) is 29.5 Å². The van der Waals surface area contributed by atoms with E-state index >= 15 is 0 Å². The first-order valence-corrected chi connectivity index (χ1v) is 9.85. The van der Waals surface area contributed by atoms with Crippen molar-refractivity contribution < 1.29 is 14.6 Å². The summed E-state index contributed by atoms with van der Waals surface area (Å²) in [4.78, 5) is 11.9. The molecule has 0 heterocycles. The van der Waals surface area contributed by atoms with Crippen molar-refractivity contribution >= 4 is 17.6 Å². The minimum absolute atomic E-state index is 0.280. The molecule has 1 saturated carbocycles. The van der Waals surface area contributed by atoms with Gasteiger partial charge in [-0.2, -0.15) is 0 Å². The summed E-state index contributed by atoms with van der Waals surface area (Å²) in [7, 11) is 0. The van der Waals surface area contributed by atoms with Crippen LogP contribution >= 0.6 is 0 Å². The number of allylic oxidation sites excluding steroid dienone is 1. The molecule has 1 aliphatic carbocycles. The lowest BCUT2D eigenvalue weighted by Gasteiger charge is -2.17. The second kappa shape index (κ2) is 8.47. The Balaban J connectivity index is 1.84. The van der Waals surface area contributed by atoms with Crippen LogP contribution in [0.3, 0.4) is 0 Å². The number of hydrogen-bond acceptors (Lipinski definition) is 3. The van der Waals surface area contributed by atoms with E-state index in [9.17, 15) is 9.90 Å². The molecule has 0 aliphatic heterocycles. The first kappa shape index (κ1) is 19.9. The Morgan fingerprint density at radius 2 is 1.46 bits per heavy atom. The Kier molecular flexibility index (Phi) is 6.03. The highest BCUT2D eigenvalue weighted by atomic mass is 16.6. The Hall–Kier alpha value is -2.81. The third kappa shape index (κ3) is 5.35. The average Bonchev–Trinajstić information content (AvgIpc) is 3.16. The molecule has 0 unspecified atom stereocenters. The Morgan fingerprint density at radius 1 is 0.929 bits per heavy atom. The molecule has 0 amide bonds. The Bertz CT molecular complexity index is 871. The predicted octanol–water partition coefficient (Wildman–Crippen LogP) is 6.12. The van der Waals surface area contributed by atoms with Gasteiger partial charge in [-0.25, -0.2) is 4.79 Å². The number of phenolic OH excluding ortho intramolecular Hbond substituents is 1. The van der Waals surface area contributed by atoms with Crippen LogP contribution < -0.4 is 0 Å². The van der Waals surface area contributed by atoms with Crippen molar-refractivity contribution in [2.75, 3.05) is 0 Å². The number of carbonyl (C=O) groups excluding carboxylic acids is 1. The zero-order valence-electron chi connectivity index (χ0n) is 16.9. The number of rotatable bonds is 4. The van der Waals surface area contributed by atoms with Crippen molar-refractivity contribution in [3.05, 3.63) is 76.9 Å². The fraction of sp³-hybridized carbons (Fsp3) is 0.320. The molecule has 1 aliphatic rings. The quantitative estimate of drug-likeness (QED) is 0.516. The SMILES string of the molecule is CC(C)(C)OC(=O)C=Cc1ccc(C(=C2CCCC2)c2ccc(O)cc2)cc1. The van der Waals surface area contributed by atoms with Gasteiger partial charge in [0.25, 0.3) is 0 Å². The molecule has 0 aromatic heterocycles. The van der Waals surface area contributed by atoms with Gasteiger partial charge in [-0.1, -0.05) is 42.0 Å². The van der Waals surface area contributed by atoms with Gasteiger partial charge in [0.05, 0.1) is 0 Å². The lowest BCUT2D eigenvalue weighted by molar-refractivity contribution is -0.148. The molecule has 2 aromatic carbocycles. The first-order valence-electron chi connectivity index (χ1n) is 9.85. The fourth-order valence-corrected chi connectivity index (χ4v) is 3.52. The predicted molar refractivity (Wildman–Crippen MR) is 114 cm³/mol. The highest BCUT2D eigenvalue weighted by molar-refractivity contribution is 5.88. The monoisotopic (exact) mass is 376 g/mol. The van der Waals surface area contributed by atoms with Crippen molar-refractivity contribution in [2.24, 2.45) is 0 Å². The van der Waals surface area contributed by atoms with Gasteiger partial charge in [-0.05, 0) is 86.9 Å². The van der Waals surface area contributed by atoms with Crippen LogP contribution in [0.15, 0.2) is 60.2 Å². The number of phenols is 1. The molecule has 146 valence electrons.